The summed E-state index contributed by atoms with van der Waals surface area (Å²) in [6.07, 6.45) is 2.22. The molecule has 2 N–H and O–H groups in total. The van der Waals surface area contributed by atoms with Gasteiger partial charge in [-0.1, -0.05) is 18.2 Å². The first-order chi connectivity index (χ1) is 10.1. The van der Waals surface area contributed by atoms with Crippen LogP contribution >= 0.6 is 11.8 Å². The van der Waals surface area contributed by atoms with Crippen LogP contribution in [0.2, 0.25) is 0 Å². The fourth-order valence-corrected chi connectivity index (χ4v) is 3.26. The van der Waals surface area contributed by atoms with Crippen LogP contribution in [0.15, 0.2) is 47.6 Å². The number of carboxylic acids is 1. The van der Waals surface area contributed by atoms with E-state index < -0.39 is 13.1 Å². The Kier molecular flexibility index (Phi) is 3.85. The molecule has 3 rings (SSSR count). The van der Waals surface area contributed by atoms with Crippen molar-refractivity contribution in [1.29, 1.82) is 0 Å². The van der Waals surface area contributed by atoms with Crippen molar-refractivity contribution >= 4 is 24.8 Å². The van der Waals surface area contributed by atoms with Crippen molar-refractivity contribution in [2.45, 2.75) is 16.6 Å². The second-order valence-corrected chi connectivity index (χ2v) is 5.90. The second-order valence-electron chi connectivity index (χ2n) is 4.64. The van der Waals surface area contributed by atoms with Crippen LogP contribution in [0.5, 0.6) is 5.75 Å². The number of pyridine rings is 1. The molecule has 2 heterocycles. The molecule has 1 aromatic carbocycles. The minimum atomic E-state index is -1.06. The van der Waals surface area contributed by atoms with Crippen molar-refractivity contribution in [3.63, 3.8) is 0 Å². The summed E-state index contributed by atoms with van der Waals surface area (Å²) in [5.41, 5.74) is 0.862. The van der Waals surface area contributed by atoms with Gasteiger partial charge in [0.25, 0.3) is 0 Å². The zero-order valence-corrected chi connectivity index (χ0v) is 11.8. The predicted octanol–water partition coefficient (Wildman–Crippen LogP) is 1.90. The number of carbonyl (C=O) groups is 1. The smallest absolute Gasteiger partial charge is 0.535 e. The highest BCUT2D eigenvalue weighted by atomic mass is 32.2. The van der Waals surface area contributed by atoms with E-state index in [-0.39, 0.29) is 16.5 Å². The van der Waals surface area contributed by atoms with Gasteiger partial charge in [-0.3, -0.25) is 0 Å². The van der Waals surface area contributed by atoms with Gasteiger partial charge in [-0.05, 0) is 30.2 Å². The largest absolute Gasteiger partial charge is 0.537 e. The monoisotopic (exact) mass is 301 g/mol. The molecule has 0 radical (unpaired) electrons. The summed E-state index contributed by atoms with van der Waals surface area (Å²) in [7, 11) is -1.06. The Labute approximate surface area is 126 Å². The van der Waals surface area contributed by atoms with Crippen LogP contribution < -0.4 is 4.65 Å². The molecule has 0 spiro atoms. The number of hydrogen-bond acceptors (Lipinski definition) is 5. The van der Waals surface area contributed by atoms with Crippen molar-refractivity contribution < 1.29 is 19.6 Å². The number of aromatic carboxylic acids is 1. The summed E-state index contributed by atoms with van der Waals surface area (Å²) in [5, 5.41) is 19.8. The van der Waals surface area contributed by atoms with Gasteiger partial charge in [-0.2, -0.15) is 0 Å². The van der Waals surface area contributed by atoms with Crippen LogP contribution in [-0.2, 0) is 6.42 Å². The Balaban J connectivity index is 1.86. The Hall–Kier alpha value is -1.99. The molecule has 0 aliphatic carbocycles. The molecular formula is C14H12BNO4S. The molecule has 1 aliphatic rings. The highest BCUT2D eigenvalue weighted by Crippen LogP contribution is 2.35. The standard InChI is InChI=1S/C14H12BNO4S/c17-14(18)10-5-3-4-9-8-11(15(19)20-13(9)10)21-12-6-1-2-7-16-12/h1-7,11,19H,8H2,(H,17,18)/t11-/m0/s1. The summed E-state index contributed by atoms with van der Waals surface area (Å²) in [6.45, 7) is 0. The van der Waals surface area contributed by atoms with Gasteiger partial charge in [-0.15, -0.1) is 11.8 Å². The summed E-state index contributed by atoms with van der Waals surface area (Å²) >= 11 is 1.42. The highest BCUT2D eigenvalue weighted by molar-refractivity contribution is 8.01. The molecule has 1 aromatic heterocycles. The van der Waals surface area contributed by atoms with Gasteiger partial charge in [0.1, 0.15) is 5.75 Å². The molecule has 2 aromatic rings. The van der Waals surface area contributed by atoms with Crippen LogP contribution in [0.25, 0.3) is 0 Å². The molecule has 1 aliphatic heterocycles. The van der Waals surface area contributed by atoms with E-state index in [1.165, 1.54) is 17.8 Å². The van der Waals surface area contributed by atoms with Crippen molar-refractivity contribution in [3.8, 4) is 5.75 Å². The Bertz CT molecular complexity index is 667. The third kappa shape index (κ3) is 2.89. The van der Waals surface area contributed by atoms with E-state index in [4.69, 9.17) is 9.76 Å². The summed E-state index contributed by atoms with van der Waals surface area (Å²) in [4.78, 5) is 15.4. The Morgan fingerprint density at radius 3 is 2.90 bits per heavy atom. The van der Waals surface area contributed by atoms with Gasteiger partial charge in [0.05, 0.1) is 15.7 Å². The molecule has 0 bridgehead atoms. The Morgan fingerprint density at radius 1 is 1.33 bits per heavy atom. The van der Waals surface area contributed by atoms with Crippen LogP contribution in [0, 0.1) is 0 Å². The van der Waals surface area contributed by atoms with Gasteiger partial charge in [0.2, 0.25) is 0 Å². The van der Waals surface area contributed by atoms with Gasteiger partial charge >= 0.3 is 13.1 Å². The maximum Gasteiger partial charge on any atom is 0.537 e. The number of thioether (sulfide) groups is 1. The number of aromatic nitrogens is 1. The number of nitrogens with zero attached hydrogens (tertiary/aromatic N) is 1. The van der Waals surface area contributed by atoms with Crippen LogP contribution in [0.1, 0.15) is 15.9 Å². The minimum Gasteiger partial charge on any atom is -0.535 e. The third-order valence-corrected chi connectivity index (χ3v) is 4.40. The van der Waals surface area contributed by atoms with Crippen LogP contribution in [-0.4, -0.2) is 33.4 Å². The lowest BCUT2D eigenvalue weighted by atomic mass is 9.77. The average Bonchev–Trinajstić information content (AvgIpc) is 2.48. The second kappa shape index (κ2) is 5.79. The molecule has 106 valence electrons. The number of benzene rings is 1. The number of hydrogen-bond donors (Lipinski definition) is 2. The first-order valence-electron chi connectivity index (χ1n) is 6.43. The Morgan fingerprint density at radius 2 is 2.19 bits per heavy atom. The fraction of sp³-hybridized carbons (Fsp3) is 0.143. The normalized spacial score (nSPS) is 17.0. The molecule has 5 nitrogen and oxygen atoms in total. The maximum atomic E-state index is 11.2. The van der Waals surface area contributed by atoms with E-state index in [9.17, 15) is 9.82 Å². The van der Waals surface area contributed by atoms with Crippen molar-refractivity contribution in [3.05, 3.63) is 53.7 Å². The molecule has 0 saturated heterocycles. The predicted molar refractivity (Wildman–Crippen MR) is 79.6 cm³/mol. The first-order valence-corrected chi connectivity index (χ1v) is 7.30. The van der Waals surface area contributed by atoms with E-state index in [1.807, 2.05) is 24.3 Å². The zero-order chi connectivity index (χ0) is 14.8. The van der Waals surface area contributed by atoms with Crippen molar-refractivity contribution in [2.24, 2.45) is 0 Å². The average molecular weight is 301 g/mol. The minimum absolute atomic E-state index is 0.0767. The first kappa shape index (κ1) is 14.0. The SMILES string of the molecule is O=C(O)c1cccc2c1OB(O)[C@@H](Sc1ccccn1)C2. The van der Waals surface area contributed by atoms with Crippen molar-refractivity contribution in [1.82, 2.24) is 4.98 Å². The molecule has 0 fully saturated rings. The van der Waals surface area contributed by atoms with Gasteiger partial charge in [-0.25, -0.2) is 9.78 Å². The molecule has 0 unspecified atom stereocenters. The maximum absolute atomic E-state index is 11.2. The molecule has 1 atom stereocenters. The van der Waals surface area contributed by atoms with Gasteiger partial charge in [0.15, 0.2) is 0 Å². The lowest BCUT2D eigenvalue weighted by molar-refractivity contribution is 0.0694. The molecule has 0 saturated carbocycles. The number of carboxylic acid groups (broad SMARTS) is 1. The van der Waals surface area contributed by atoms with Crippen LogP contribution in [0.3, 0.4) is 0 Å². The van der Waals surface area contributed by atoms with Crippen molar-refractivity contribution in [2.75, 3.05) is 0 Å². The number of para-hydroxylation sites is 1. The van der Waals surface area contributed by atoms with E-state index >= 15 is 0 Å². The third-order valence-electron chi connectivity index (χ3n) is 3.21. The van der Waals surface area contributed by atoms with Gasteiger partial charge in [0, 0.05) is 6.20 Å². The summed E-state index contributed by atoms with van der Waals surface area (Å²) < 4.78 is 5.44. The topological polar surface area (TPSA) is 79.7 Å². The highest BCUT2D eigenvalue weighted by Gasteiger charge is 2.37. The van der Waals surface area contributed by atoms with E-state index in [2.05, 4.69) is 4.98 Å². The van der Waals surface area contributed by atoms with E-state index in [0.29, 0.717) is 6.42 Å². The van der Waals surface area contributed by atoms with Gasteiger partial charge < -0.3 is 14.8 Å². The zero-order valence-electron chi connectivity index (χ0n) is 11.0. The number of fused-ring (bicyclic) bond motifs is 1. The fourth-order valence-electron chi connectivity index (χ4n) is 2.24. The molecular weight excluding hydrogens is 289 g/mol. The lowest BCUT2D eigenvalue weighted by Gasteiger charge is -2.27. The summed E-state index contributed by atoms with van der Waals surface area (Å²) in [6, 6.07) is 10.5. The summed E-state index contributed by atoms with van der Waals surface area (Å²) in [5.74, 6) is -0.801. The quantitative estimate of drug-likeness (QED) is 0.843. The van der Waals surface area contributed by atoms with Crippen LogP contribution in [0.4, 0.5) is 0 Å². The lowest BCUT2D eigenvalue weighted by Crippen LogP contribution is -2.40. The van der Waals surface area contributed by atoms with E-state index in [1.54, 1.807) is 12.3 Å². The molecule has 7 heteroatoms. The van der Waals surface area contributed by atoms with E-state index in [0.717, 1.165) is 10.6 Å². The molecule has 21 heavy (non-hydrogen) atoms. The number of rotatable bonds is 3. The molecule has 0 amide bonds.